The highest BCUT2D eigenvalue weighted by Gasteiger charge is 2.35. The summed E-state index contributed by atoms with van der Waals surface area (Å²) < 4.78 is 13.8. The van der Waals surface area contributed by atoms with Crippen molar-refractivity contribution in [2.75, 3.05) is 13.1 Å². The number of hydrogen-bond acceptors (Lipinski definition) is 6. The number of halogens is 1. The molecule has 1 aliphatic heterocycles. The van der Waals surface area contributed by atoms with Gasteiger partial charge in [0.1, 0.15) is 11.9 Å². The lowest BCUT2D eigenvalue weighted by Crippen LogP contribution is -2.51. The average Bonchev–Trinajstić information content (AvgIpc) is 3.38. The van der Waals surface area contributed by atoms with Crippen LogP contribution in [0.25, 0.3) is 6.08 Å². The Balaban J connectivity index is 1.57. The second kappa shape index (κ2) is 10.6. The van der Waals surface area contributed by atoms with Crippen molar-refractivity contribution in [3.05, 3.63) is 62.9 Å². The molecule has 1 atom stereocenters. The Morgan fingerprint density at radius 2 is 1.91 bits per heavy atom. The van der Waals surface area contributed by atoms with Gasteiger partial charge < -0.3 is 10.6 Å². The van der Waals surface area contributed by atoms with Gasteiger partial charge in [-0.2, -0.15) is 0 Å². The highest BCUT2D eigenvalue weighted by atomic mass is 32.2. The molecule has 1 fully saturated rings. The summed E-state index contributed by atoms with van der Waals surface area (Å²) >= 11 is 2.00. The minimum absolute atomic E-state index is 0.0297. The van der Waals surface area contributed by atoms with Crippen LogP contribution in [0.2, 0.25) is 0 Å². The van der Waals surface area contributed by atoms with E-state index in [1.54, 1.807) is 23.6 Å². The summed E-state index contributed by atoms with van der Waals surface area (Å²) in [6.45, 7) is 3.61. The van der Waals surface area contributed by atoms with Gasteiger partial charge in [0.15, 0.2) is 0 Å². The molecule has 0 aliphatic carbocycles. The number of thioether (sulfide) groups is 1. The minimum atomic E-state index is -0.763. The number of imide groups is 1. The molecule has 0 spiro atoms. The fourth-order valence-corrected chi connectivity index (χ4v) is 4.46. The molecular formula is C22H22FN3O4S2. The summed E-state index contributed by atoms with van der Waals surface area (Å²) in [4.78, 5) is 51.3. The highest BCUT2D eigenvalue weighted by molar-refractivity contribution is 8.18. The molecule has 7 nitrogen and oxygen atoms in total. The molecule has 10 heteroatoms. The topological polar surface area (TPSA) is 95.6 Å². The third-order valence-electron chi connectivity index (χ3n) is 4.68. The second-order valence-corrected chi connectivity index (χ2v) is 9.26. The second-order valence-electron chi connectivity index (χ2n) is 7.32. The van der Waals surface area contributed by atoms with Gasteiger partial charge in [0, 0.05) is 18.7 Å². The molecule has 2 N–H and O–H groups in total. The number of carbonyl (C=O) groups is 4. The summed E-state index contributed by atoms with van der Waals surface area (Å²) in [7, 11) is 0. The molecule has 0 saturated carbocycles. The number of thiophene rings is 1. The van der Waals surface area contributed by atoms with Crippen LogP contribution < -0.4 is 10.6 Å². The van der Waals surface area contributed by atoms with E-state index in [2.05, 4.69) is 10.6 Å². The highest BCUT2D eigenvalue weighted by Crippen LogP contribution is 2.32. The predicted molar refractivity (Wildman–Crippen MR) is 122 cm³/mol. The molecule has 4 amide bonds. The molecule has 0 radical (unpaired) electrons. The molecule has 1 unspecified atom stereocenters. The molecule has 1 saturated heterocycles. The van der Waals surface area contributed by atoms with Crippen molar-refractivity contribution < 1.29 is 23.6 Å². The smallest absolute Gasteiger partial charge is 0.293 e. The monoisotopic (exact) mass is 475 g/mol. The standard InChI is InChI=1S/C22H22FN3O4S2/c1-13(2)18(25-19(27)16-8-5-11-31-16)20(28)24-9-10-26-21(29)17(32-22(26)30)12-14-6-3-4-7-15(14)23/h3-8,11-13,18H,9-10H2,1-2H3,(H,24,28)(H,25,27)/b17-12-. The van der Waals surface area contributed by atoms with E-state index in [4.69, 9.17) is 0 Å². The van der Waals surface area contributed by atoms with Crippen LogP contribution in [0.3, 0.4) is 0 Å². The van der Waals surface area contributed by atoms with Crippen molar-refractivity contribution in [3.8, 4) is 0 Å². The molecule has 0 bridgehead atoms. The number of rotatable bonds is 8. The Labute approximate surface area is 193 Å². The van der Waals surface area contributed by atoms with Gasteiger partial charge in [-0.1, -0.05) is 38.1 Å². The molecule has 3 rings (SSSR count). The van der Waals surface area contributed by atoms with Crippen molar-refractivity contribution in [2.24, 2.45) is 5.92 Å². The Kier molecular flexibility index (Phi) is 7.81. The molecule has 2 heterocycles. The summed E-state index contributed by atoms with van der Waals surface area (Å²) in [5.74, 6) is -1.93. The first kappa shape index (κ1) is 23.7. The SMILES string of the molecule is CC(C)C(NC(=O)c1cccs1)C(=O)NCCN1C(=O)S/C(=C\c2ccccc2F)C1=O. The number of amides is 4. The van der Waals surface area contributed by atoms with Gasteiger partial charge in [-0.3, -0.25) is 24.1 Å². The summed E-state index contributed by atoms with van der Waals surface area (Å²) in [5, 5.41) is 6.68. The lowest BCUT2D eigenvalue weighted by Gasteiger charge is -2.22. The van der Waals surface area contributed by atoms with E-state index in [0.717, 1.165) is 16.7 Å². The average molecular weight is 476 g/mol. The van der Waals surface area contributed by atoms with Crippen LogP contribution >= 0.6 is 23.1 Å². The largest absolute Gasteiger partial charge is 0.353 e. The Bertz CT molecular complexity index is 1050. The predicted octanol–water partition coefficient (Wildman–Crippen LogP) is 3.49. The van der Waals surface area contributed by atoms with E-state index >= 15 is 0 Å². The fourth-order valence-electron chi connectivity index (χ4n) is 2.98. The third kappa shape index (κ3) is 5.63. The summed E-state index contributed by atoms with van der Waals surface area (Å²) in [6, 6.07) is 8.62. The van der Waals surface area contributed by atoms with E-state index in [1.165, 1.54) is 35.6 Å². The normalized spacial score (nSPS) is 16.0. The third-order valence-corrected chi connectivity index (χ3v) is 6.46. The van der Waals surface area contributed by atoms with Crippen LogP contribution in [0.5, 0.6) is 0 Å². The first-order valence-corrected chi connectivity index (χ1v) is 11.6. The van der Waals surface area contributed by atoms with Gasteiger partial charge in [0.2, 0.25) is 5.91 Å². The lowest BCUT2D eigenvalue weighted by molar-refractivity contribution is -0.125. The number of hydrogen-bond donors (Lipinski definition) is 2. The van der Waals surface area contributed by atoms with Gasteiger partial charge in [-0.15, -0.1) is 11.3 Å². The molecule has 1 aromatic carbocycles. The zero-order chi connectivity index (χ0) is 23.3. The lowest BCUT2D eigenvalue weighted by atomic mass is 10.0. The maximum absolute atomic E-state index is 13.8. The van der Waals surface area contributed by atoms with E-state index < -0.39 is 28.9 Å². The van der Waals surface area contributed by atoms with Crippen LogP contribution in [-0.4, -0.2) is 47.0 Å². The fraction of sp³-hybridized carbons (Fsp3) is 0.273. The maximum atomic E-state index is 13.8. The molecular weight excluding hydrogens is 453 g/mol. The van der Waals surface area contributed by atoms with Crippen LogP contribution in [0.1, 0.15) is 29.1 Å². The van der Waals surface area contributed by atoms with E-state index in [0.29, 0.717) is 4.88 Å². The molecule has 2 aromatic rings. The van der Waals surface area contributed by atoms with Crippen molar-refractivity contribution >= 4 is 52.1 Å². The van der Waals surface area contributed by atoms with Gasteiger partial charge in [-0.05, 0) is 41.3 Å². The van der Waals surface area contributed by atoms with Gasteiger partial charge in [0.25, 0.3) is 17.1 Å². The number of nitrogens with zero attached hydrogens (tertiary/aromatic N) is 1. The Morgan fingerprint density at radius 1 is 1.16 bits per heavy atom. The first-order chi connectivity index (χ1) is 15.3. The molecule has 1 aromatic heterocycles. The Morgan fingerprint density at radius 3 is 2.56 bits per heavy atom. The Hall–Kier alpha value is -2.98. The minimum Gasteiger partial charge on any atom is -0.353 e. The maximum Gasteiger partial charge on any atom is 0.293 e. The van der Waals surface area contributed by atoms with Crippen LogP contribution in [-0.2, 0) is 9.59 Å². The van der Waals surface area contributed by atoms with E-state index in [9.17, 15) is 23.6 Å². The zero-order valence-corrected chi connectivity index (χ0v) is 19.1. The van der Waals surface area contributed by atoms with Crippen molar-refractivity contribution in [1.82, 2.24) is 15.5 Å². The van der Waals surface area contributed by atoms with E-state index in [-0.39, 0.29) is 35.4 Å². The van der Waals surface area contributed by atoms with Crippen LogP contribution in [0.15, 0.2) is 46.7 Å². The number of benzene rings is 1. The molecule has 1 aliphatic rings. The molecule has 32 heavy (non-hydrogen) atoms. The van der Waals surface area contributed by atoms with E-state index in [1.807, 2.05) is 13.8 Å². The summed E-state index contributed by atoms with van der Waals surface area (Å²) in [5.41, 5.74) is 0.215. The van der Waals surface area contributed by atoms with Gasteiger partial charge >= 0.3 is 0 Å². The first-order valence-electron chi connectivity index (χ1n) is 9.90. The van der Waals surface area contributed by atoms with Gasteiger partial charge in [-0.25, -0.2) is 4.39 Å². The number of carbonyl (C=O) groups excluding carboxylic acids is 4. The van der Waals surface area contributed by atoms with Crippen LogP contribution in [0.4, 0.5) is 9.18 Å². The van der Waals surface area contributed by atoms with Crippen molar-refractivity contribution in [3.63, 3.8) is 0 Å². The zero-order valence-electron chi connectivity index (χ0n) is 17.5. The number of nitrogens with one attached hydrogen (secondary N) is 2. The van der Waals surface area contributed by atoms with Crippen molar-refractivity contribution in [2.45, 2.75) is 19.9 Å². The van der Waals surface area contributed by atoms with Crippen molar-refractivity contribution in [1.29, 1.82) is 0 Å². The summed E-state index contributed by atoms with van der Waals surface area (Å²) in [6.07, 6.45) is 1.34. The van der Waals surface area contributed by atoms with Gasteiger partial charge in [0.05, 0.1) is 9.78 Å². The quantitative estimate of drug-likeness (QED) is 0.570. The molecule has 168 valence electrons. The van der Waals surface area contributed by atoms with Crippen LogP contribution in [0, 0.1) is 11.7 Å².